The number of amides is 1. The summed E-state index contributed by atoms with van der Waals surface area (Å²) in [5.41, 5.74) is 2.59. The highest BCUT2D eigenvalue weighted by Crippen LogP contribution is 2.36. The van der Waals surface area contributed by atoms with Gasteiger partial charge in [-0.25, -0.2) is 0 Å². The fourth-order valence-corrected chi connectivity index (χ4v) is 5.88. The summed E-state index contributed by atoms with van der Waals surface area (Å²) in [6.07, 6.45) is 4.76. The zero-order chi connectivity index (χ0) is 23.4. The van der Waals surface area contributed by atoms with Crippen LogP contribution in [-0.2, 0) is 6.54 Å². The molecule has 0 saturated heterocycles. The second-order valence-corrected chi connectivity index (χ2v) is 9.66. The van der Waals surface area contributed by atoms with E-state index in [4.69, 9.17) is 4.74 Å². The number of pyridine rings is 1. The summed E-state index contributed by atoms with van der Waals surface area (Å²) < 4.78 is 5.33. The lowest BCUT2D eigenvalue weighted by molar-refractivity contribution is 0.0950. The topological polar surface area (TPSA) is 77.7 Å². The predicted molar refractivity (Wildman–Crippen MR) is 131 cm³/mol. The number of carbonyl (C=O) groups is 1. The molecule has 0 spiro atoms. The molecule has 32 heavy (non-hydrogen) atoms. The van der Waals surface area contributed by atoms with Gasteiger partial charge in [-0.1, -0.05) is 0 Å². The van der Waals surface area contributed by atoms with Crippen LogP contribution in [0.3, 0.4) is 0 Å². The van der Waals surface area contributed by atoms with Crippen molar-refractivity contribution in [1.82, 2.24) is 15.2 Å². The van der Waals surface area contributed by atoms with E-state index >= 15 is 0 Å². The van der Waals surface area contributed by atoms with Gasteiger partial charge in [0.1, 0.15) is 5.75 Å². The molecule has 1 amide bonds. The summed E-state index contributed by atoms with van der Waals surface area (Å²) in [5, 5.41) is 6.02. The number of ether oxygens (including phenoxy) is 1. The van der Waals surface area contributed by atoms with Gasteiger partial charge in [0, 0.05) is 29.7 Å². The largest absolute Gasteiger partial charge is 0.496 e. The Balaban J connectivity index is 1.71. The van der Waals surface area contributed by atoms with E-state index in [9.17, 15) is 9.59 Å². The van der Waals surface area contributed by atoms with Crippen LogP contribution in [0.5, 0.6) is 5.75 Å². The van der Waals surface area contributed by atoms with Crippen LogP contribution in [0.25, 0.3) is 0 Å². The van der Waals surface area contributed by atoms with Crippen molar-refractivity contribution >= 4 is 22.2 Å². The number of aryl methyl sites for hydroxylation is 1. The van der Waals surface area contributed by atoms with Crippen molar-refractivity contribution in [3.63, 3.8) is 0 Å². The molecule has 0 bridgehead atoms. The van der Waals surface area contributed by atoms with Gasteiger partial charge < -0.3 is 24.8 Å². The monoisotopic (exact) mass is 460 g/mol. The van der Waals surface area contributed by atoms with Crippen LogP contribution in [0.2, 0.25) is 0 Å². The number of rotatable bonds is 8. The molecule has 0 unspecified atom stereocenters. The number of carbonyl (C=O) groups excluding carboxylic acids is 1. The number of thiophene rings is 1. The van der Waals surface area contributed by atoms with Crippen molar-refractivity contribution in [2.45, 2.75) is 65.1 Å². The number of anilines is 1. The average molecular weight is 461 g/mol. The Morgan fingerprint density at radius 2 is 1.88 bits per heavy atom. The van der Waals surface area contributed by atoms with E-state index < -0.39 is 0 Å². The molecule has 0 atom stereocenters. The first kappa shape index (κ1) is 24.3. The van der Waals surface area contributed by atoms with Crippen LogP contribution in [0.15, 0.2) is 16.2 Å². The van der Waals surface area contributed by atoms with Crippen LogP contribution in [0.1, 0.15) is 59.8 Å². The van der Waals surface area contributed by atoms with Crippen LogP contribution < -0.4 is 20.5 Å². The van der Waals surface area contributed by atoms with E-state index in [2.05, 4.69) is 41.1 Å². The smallest absolute Gasteiger partial charge is 0.256 e. The quantitative estimate of drug-likeness (QED) is 0.628. The van der Waals surface area contributed by atoms with Crippen molar-refractivity contribution in [1.29, 1.82) is 0 Å². The zero-order valence-electron chi connectivity index (χ0n) is 20.1. The molecular formula is C24H36N4O3S. The molecule has 2 aromatic heterocycles. The molecule has 8 heteroatoms. The molecule has 7 nitrogen and oxygen atoms in total. The van der Waals surface area contributed by atoms with E-state index in [0.29, 0.717) is 29.0 Å². The molecule has 0 aromatic carbocycles. The van der Waals surface area contributed by atoms with E-state index in [1.165, 1.54) is 37.8 Å². The van der Waals surface area contributed by atoms with Gasteiger partial charge >= 0.3 is 0 Å². The minimum absolute atomic E-state index is 0.119. The van der Waals surface area contributed by atoms with Gasteiger partial charge in [-0.15, -0.1) is 11.3 Å². The van der Waals surface area contributed by atoms with Gasteiger partial charge in [-0.05, 0) is 72.2 Å². The highest BCUT2D eigenvalue weighted by Gasteiger charge is 2.28. The number of aromatic nitrogens is 1. The molecule has 1 saturated carbocycles. The van der Waals surface area contributed by atoms with Crippen LogP contribution in [-0.4, -0.2) is 55.6 Å². The van der Waals surface area contributed by atoms with Crippen molar-refractivity contribution in [3.8, 4) is 5.75 Å². The molecule has 176 valence electrons. The predicted octanol–water partition coefficient (Wildman–Crippen LogP) is 3.69. The maximum Gasteiger partial charge on any atom is 0.256 e. The zero-order valence-corrected chi connectivity index (χ0v) is 20.9. The van der Waals surface area contributed by atoms with Gasteiger partial charge in [0.25, 0.3) is 11.5 Å². The Bertz CT molecular complexity index is 990. The van der Waals surface area contributed by atoms with Crippen LogP contribution in [0.4, 0.5) is 5.00 Å². The Morgan fingerprint density at radius 1 is 1.22 bits per heavy atom. The molecule has 3 rings (SSSR count). The highest BCUT2D eigenvalue weighted by molar-refractivity contribution is 7.14. The van der Waals surface area contributed by atoms with Crippen molar-refractivity contribution in [3.05, 3.63) is 44.2 Å². The minimum atomic E-state index is -0.240. The molecule has 1 fully saturated rings. The van der Waals surface area contributed by atoms with E-state index in [1.54, 1.807) is 24.3 Å². The first-order valence-corrected chi connectivity index (χ1v) is 12.2. The van der Waals surface area contributed by atoms with E-state index in [-0.39, 0.29) is 18.0 Å². The third-order valence-electron chi connectivity index (χ3n) is 6.57. The van der Waals surface area contributed by atoms with Gasteiger partial charge in [-0.2, -0.15) is 0 Å². The fraction of sp³-hybridized carbons (Fsp3) is 0.583. The summed E-state index contributed by atoms with van der Waals surface area (Å²) in [4.78, 5) is 32.8. The van der Waals surface area contributed by atoms with Gasteiger partial charge in [0.2, 0.25) is 0 Å². The lowest BCUT2D eigenvalue weighted by atomic mass is 9.89. The van der Waals surface area contributed by atoms with Crippen LogP contribution >= 0.6 is 11.3 Å². The number of aromatic amines is 1. The summed E-state index contributed by atoms with van der Waals surface area (Å²) >= 11 is 1.63. The molecule has 2 heterocycles. The molecule has 0 radical (unpaired) electrons. The standard InChI is InChI=1S/C24H36N4O3S/c1-7-28(18-10-8-17(9-11-18)27(4)5)24-16(3)20(14-32-24)22(29)25-13-19-21(31-6)12-15(2)26-23(19)30/h12,14,17-18H,7-11,13H2,1-6H3,(H,25,29)(H,26,30)/t17-,18-. The van der Waals surface area contributed by atoms with Crippen molar-refractivity contribution in [2.75, 3.05) is 32.6 Å². The number of nitrogens with zero attached hydrogens (tertiary/aromatic N) is 2. The van der Waals surface area contributed by atoms with Crippen LogP contribution in [0, 0.1) is 13.8 Å². The molecule has 1 aliphatic carbocycles. The van der Waals surface area contributed by atoms with Gasteiger partial charge in [0.05, 0.1) is 29.8 Å². The number of hydrogen-bond acceptors (Lipinski definition) is 6. The Labute approximate surface area is 194 Å². The second-order valence-electron chi connectivity index (χ2n) is 8.80. The fourth-order valence-electron chi connectivity index (χ4n) is 4.67. The molecule has 0 aliphatic heterocycles. The second kappa shape index (κ2) is 10.5. The normalized spacial score (nSPS) is 18.6. The van der Waals surface area contributed by atoms with Gasteiger partial charge in [0.15, 0.2) is 0 Å². The number of nitrogens with one attached hydrogen (secondary N) is 2. The third kappa shape index (κ3) is 5.18. The summed E-state index contributed by atoms with van der Waals surface area (Å²) in [5.74, 6) is 0.319. The maximum atomic E-state index is 13.0. The molecule has 2 aromatic rings. The third-order valence-corrected chi connectivity index (χ3v) is 7.69. The van der Waals surface area contributed by atoms with Gasteiger partial charge in [-0.3, -0.25) is 9.59 Å². The molecular weight excluding hydrogens is 424 g/mol. The lowest BCUT2D eigenvalue weighted by Gasteiger charge is -2.39. The Morgan fingerprint density at radius 3 is 2.47 bits per heavy atom. The van der Waals surface area contributed by atoms with E-state index in [0.717, 1.165) is 17.8 Å². The first-order valence-electron chi connectivity index (χ1n) is 11.3. The molecule has 2 N–H and O–H groups in total. The Kier molecular flexibility index (Phi) is 8.00. The summed E-state index contributed by atoms with van der Waals surface area (Å²) in [6, 6.07) is 2.94. The minimum Gasteiger partial charge on any atom is -0.496 e. The maximum absolute atomic E-state index is 13.0. The average Bonchev–Trinajstić information content (AvgIpc) is 3.14. The highest BCUT2D eigenvalue weighted by atomic mass is 32.1. The number of hydrogen-bond donors (Lipinski definition) is 2. The summed E-state index contributed by atoms with van der Waals surface area (Å²) in [6.45, 7) is 7.06. The number of H-pyrrole nitrogens is 1. The SMILES string of the molecule is CCN(c1scc(C(=O)NCc2c(OC)cc(C)[nH]c2=O)c1C)[C@H]1CC[C@H](N(C)C)CC1. The van der Waals surface area contributed by atoms with Crippen molar-refractivity contribution in [2.24, 2.45) is 0 Å². The Hall–Kier alpha value is -2.32. The van der Waals surface area contributed by atoms with E-state index in [1.807, 2.05) is 12.3 Å². The summed E-state index contributed by atoms with van der Waals surface area (Å²) in [7, 11) is 5.86. The first-order chi connectivity index (χ1) is 15.3. The molecule has 1 aliphatic rings. The lowest BCUT2D eigenvalue weighted by Crippen LogP contribution is -2.42. The number of methoxy groups -OCH3 is 1. The van der Waals surface area contributed by atoms with Crippen molar-refractivity contribution < 1.29 is 9.53 Å².